The Labute approximate surface area is 133 Å². The maximum absolute atomic E-state index is 11.8. The number of rotatable bonds is 4. The predicted octanol–water partition coefficient (Wildman–Crippen LogP) is 3.94. The summed E-state index contributed by atoms with van der Waals surface area (Å²) in [5, 5.41) is 6.37. The summed E-state index contributed by atoms with van der Waals surface area (Å²) in [4.78, 5) is 11.8. The lowest BCUT2D eigenvalue weighted by molar-refractivity contribution is 0.252. The normalized spacial score (nSPS) is 10.2. The van der Waals surface area contributed by atoms with Crippen LogP contribution in [-0.4, -0.2) is 12.6 Å². The van der Waals surface area contributed by atoms with Crippen LogP contribution in [0.5, 0.6) is 0 Å². The first-order valence-electron chi connectivity index (χ1n) is 6.39. The molecule has 21 heavy (non-hydrogen) atoms. The van der Waals surface area contributed by atoms with Crippen LogP contribution in [0.1, 0.15) is 5.56 Å². The molecule has 0 aliphatic carbocycles. The third-order valence-corrected chi connectivity index (χ3v) is 3.42. The minimum absolute atomic E-state index is 0.324. The smallest absolute Gasteiger partial charge is 0.319 e. The van der Waals surface area contributed by atoms with Gasteiger partial charge in [-0.3, -0.25) is 0 Å². The van der Waals surface area contributed by atoms with Gasteiger partial charge in [-0.15, -0.1) is 0 Å². The van der Waals surface area contributed by atoms with Crippen LogP contribution in [0.2, 0.25) is 10.0 Å². The third kappa shape index (κ3) is 4.85. The van der Waals surface area contributed by atoms with E-state index in [0.717, 1.165) is 17.7 Å². The molecule has 0 spiro atoms. The fourth-order valence-corrected chi connectivity index (χ4v) is 2.10. The number of hydrogen-bond donors (Lipinski definition) is 3. The molecule has 0 aliphatic rings. The van der Waals surface area contributed by atoms with Crippen molar-refractivity contribution in [2.75, 3.05) is 17.6 Å². The molecule has 0 bridgehead atoms. The van der Waals surface area contributed by atoms with E-state index in [2.05, 4.69) is 10.6 Å². The monoisotopic (exact) mass is 323 g/mol. The predicted molar refractivity (Wildman–Crippen MR) is 88.0 cm³/mol. The van der Waals surface area contributed by atoms with Crippen LogP contribution in [0.15, 0.2) is 42.5 Å². The van der Waals surface area contributed by atoms with Gasteiger partial charge in [0.15, 0.2) is 0 Å². The number of urea groups is 1. The SMILES string of the molecule is Nc1ccc(CCNC(=O)Nc2cc(Cl)ccc2Cl)cc1. The van der Waals surface area contributed by atoms with Gasteiger partial charge in [-0.25, -0.2) is 4.79 Å². The molecule has 6 heteroatoms. The second kappa shape index (κ2) is 7.20. The fraction of sp³-hybridized carbons (Fsp3) is 0.133. The van der Waals surface area contributed by atoms with Crippen LogP contribution >= 0.6 is 23.2 Å². The number of nitrogens with one attached hydrogen (secondary N) is 2. The molecule has 0 radical (unpaired) electrons. The second-order valence-electron chi connectivity index (χ2n) is 4.50. The van der Waals surface area contributed by atoms with Gasteiger partial charge in [0.2, 0.25) is 0 Å². The van der Waals surface area contributed by atoms with Crippen LogP contribution in [0.3, 0.4) is 0 Å². The summed E-state index contributed by atoms with van der Waals surface area (Å²) in [7, 11) is 0. The van der Waals surface area contributed by atoms with Gasteiger partial charge in [-0.2, -0.15) is 0 Å². The number of halogens is 2. The van der Waals surface area contributed by atoms with Gasteiger partial charge in [-0.1, -0.05) is 35.3 Å². The molecule has 0 aliphatic heterocycles. The molecule has 0 saturated heterocycles. The maximum atomic E-state index is 11.8. The first-order valence-corrected chi connectivity index (χ1v) is 7.14. The molecule has 0 saturated carbocycles. The lowest BCUT2D eigenvalue weighted by atomic mass is 10.1. The zero-order chi connectivity index (χ0) is 15.2. The Morgan fingerprint density at radius 3 is 2.52 bits per heavy atom. The van der Waals surface area contributed by atoms with Gasteiger partial charge in [0.25, 0.3) is 0 Å². The highest BCUT2D eigenvalue weighted by atomic mass is 35.5. The largest absolute Gasteiger partial charge is 0.399 e. The number of hydrogen-bond acceptors (Lipinski definition) is 2. The Kier molecular flexibility index (Phi) is 5.31. The van der Waals surface area contributed by atoms with Crippen molar-refractivity contribution < 1.29 is 4.79 Å². The molecular formula is C15H15Cl2N3O. The highest BCUT2D eigenvalue weighted by molar-refractivity contribution is 6.35. The third-order valence-electron chi connectivity index (χ3n) is 2.86. The summed E-state index contributed by atoms with van der Waals surface area (Å²) in [6, 6.07) is 12.1. The Balaban J connectivity index is 1.82. The summed E-state index contributed by atoms with van der Waals surface area (Å²) >= 11 is 11.8. The van der Waals surface area contributed by atoms with E-state index in [4.69, 9.17) is 28.9 Å². The average molecular weight is 324 g/mol. The first-order chi connectivity index (χ1) is 10.0. The van der Waals surface area contributed by atoms with E-state index in [0.29, 0.717) is 22.3 Å². The van der Waals surface area contributed by atoms with E-state index in [1.165, 1.54) is 0 Å². The topological polar surface area (TPSA) is 67.1 Å². The van der Waals surface area contributed by atoms with E-state index in [9.17, 15) is 4.79 Å². The van der Waals surface area contributed by atoms with Crippen molar-refractivity contribution in [2.45, 2.75) is 6.42 Å². The number of benzene rings is 2. The van der Waals surface area contributed by atoms with Gasteiger partial charge in [0.1, 0.15) is 0 Å². The van der Waals surface area contributed by atoms with Crippen LogP contribution in [0.25, 0.3) is 0 Å². The lowest BCUT2D eigenvalue weighted by Gasteiger charge is -2.09. The summed E-state index contributed by atoms with van der Waals surface area (Å²) in [5.74, 6) is 0. The molecule has 0 aromatic heterocycles. The van der Waals surface area contributed by atoms with E-state index >= 15 is 0 Å². The Hall–Kier alpha value is -1.91. The summed E-state index contributed by atoms with van der Waals surface area (Å²) in [6.45, 7) is 0.508. The van der Waals surface area contributed by atoms with Gasteiger partial charge in [-0.05, 0) is 42.3 Å². The molecule has 4 nitrogen and oxygen atoms in total. The van der Waals surface area contributed by atoms with Crippen molar-refractivity contribution in [3.63, 3.8) is 0 Å². The van der Waals surface area contributed by atoms with Crippen LogP contribution < -0.4 is 16.4 Å². The second-order valence-corrected chi connectivity index (χ2v) is 5.34. The van der Waals surface area contributed by atoms with Crippen molar-refractivity contribution in [3.8, 4) is 0 Å². The summed E-state index contributed by atoms with van der Waals surface area (Å²) < 4.78 is 0. The van der Waals surface area contributed by atoms with E-state index in [1.807, 2.05) is 24.3 Å². The number of anilines is 2. The van der Waals surface area contributed by atoms with Gasteiger partial charge < -0.3 is 16.4 Å². The van der Waals surface area contributed by atoms with Crippen LogP contribution in [0.4, 0.5) is 16.2 Å². The molecule has 0 heterocycles. The van der Waals surface area contributed by atoms with Gasteiger partial charge >= 0.3 is 6.03 Å². The minimum atomic E-state index is -0.324. The molecule has 0 atom stereocenters. The highest BCUT2D eigenvalue weighted by Crippen LogP contribution is 2.25. The Bertz CT molecular complexity index is 629. The number of nitrogens with two attached hydrogens (primary N) is 1. The summed E-state index contributed by atoms with van der Waals surface area (Å²) in [5.41, 5.74) is 7.92. The Morgan fingerprint density at radius 2 is 1.81 bits per heavy atom. The average Bonchev–Trinajstić information content (AvgIpc) is 2.45. The van der Waals surface area contributed by atoms with Crippen LogP contribution in [-0.2, 0) is 6.42 Å². The zero-order valence-electron chi connectivity index (χ0n) is 11.2. The van der Waals surface area contributed by atoms with Crippen molar-refractivity contribution in [1.29, 1.82) is 0 Å². The molecule has 2 aromatic rings. The first kappa shape index (κ1) is 15.5. The van der Waals surface area contributed by atoms with E-state index < -0.39 is 0 Å². The quantitative estimate of drug-likeness (QED) is 0.746. The standard InChI is InChI=1S/C15H15Cl2N3O/c16-11-3-6-13(17)14(9-11)20-15(21)19-8-7-10-1-4-12(18)5-2-10/h1-6,9H,7-8,18H2,(H2,19,20,21). The van der Waals surface area contributed by atoms with E-state index in [-0.39, 0.29) is 6.03 Å². The molecule has 2 rings (SSSR count). The minimum Gasteiger partial charge on any atom is -0.399 e. The number of amides is 2. The van der Waals surface area contributed by atoms with E-state index in [1.54, 1.807) is 18.2 Å². The molecule has 0 unspecified atom stereocenters. The number of nitrogen functional groups attached to an aromatic ring is 1. The Morgan fingerprint density at radius 1 is 1.10 bits per heavy atom. The lowest BCUT2D eigenvalue weighted by Crippen LogP contribution is -2.30. The van der Waals surface area contributed by atoms with Crippen molar-refractivity contribution in [2.24, 2.45) is 0 Å². The maximum Gasteiger partial charge on any atom is 0.319 e. The van der Waals surface area contributed by atoms with Gasteiger partial charge in [0, 0.05) is 17.3 Å². The fourth-order valence-electron chi connectivity index (χ4n) is 1.76. The number of carbonyl (C=O) groups excluding carboxylic acids is 1. The van der Waals surface area contributed by atoms with Crippen molar-refractivity contribution in [1.82, 2.24) is 5.32 Å². The molecule has 110 valence electrons. The molecular weight excluding hydrogens is 309 g/mol. The van der Waals surface area contributed by atoms with Crippen molar-refractivity contribution >= 4 is 40.6 Å². The molecule has 4 N–H and O–H groups in total. The highest BCUT2D eigenvalue weighted by Gasteiger charge is 2.05. The van der Waals surface area contributed by atoms with Gasteiger partial charge in [0.05, 0.1) is 10.7 Å². The molecule has 2 amide bonds. The molecule has 0 fully saturated rings. The van der Waals surface area contributed by atoms with Crippen molar-refractivity contribution in [3.05, 3.63) is 58.1 Å². The molecule has 2 aromatic carbocycles. The zero-order valence-corrected chi connectivity index (χ0v) is 12.7. The summed E-state index contributed by atoms with van der Waals surface area (Å²) in [6.07, 6.45) is 0.719. The number of carbonyl (C=O) groups is 1. The van der Waals surface area contributed by atoms with Crippen LogP contribution in [0, 0.1) is 0 Å².